The fraction of sp³-hybridized carbons (Fsp3) is 0.357. The topological polar surface area (TPSA) is 64.9 Å². The van der Waals surface area contributed by atoms with Crippen LogP contribution in [-0.2, 0) is 17.7 Å². The smallest absolute Gasteiger partial charge is 0.142 e. The van der Waals surface area contributed by atoms with Crippen molar-refractivity contribution in [2.24, 2.45) is 0 Å². The van der Waals surface area contributed by atoms with Gasteiger partial charge >= 0.3 is 0 Å². The highest BCUT2D eigenvalue weighted by Crippen LogP contribution is 2.29. The van der Waals surface area contributed by atoms with Crippen molar-refractivity contribution >= 4 is 33.1 Å². The fourth-order valence-corrected chi connectivity index (χ4v) is 2.99. The third-order valence-electron chi connectivity index (χ3n) is 3.15. The molecule has 0 bridgehead atoms. The predicted molar refractivity (Wildman–Crippen MR) is 84.2 cm³/mol. The molecule has 6 nitrogen and oxygen atoms in total. The van der Waals surface area contributed by atoms with Gasteiger partial charge in [-0.05, 0) is 12.5 Å². The highest BCUT2D eigenvalue weighted by molar-refractivity contribution is 7.18. The van der Waals surface area contributed by atoms with Gasteiger partial charge in [0.25, 0.3) is 0 Å². The predicted octanol–water partition coefficient (Wildman–Crippen LogP) is 2.84. The number of anilines is 2. The number of rotatable bonds is 6. The summed E-state index contributed by atoms with van der Waals surface area (Å²) < 4.78 is 6.89. The summed E-state index contributed by atoms with van der Waals surface area (Å²) in [7, 11) is 1.68. The summed E-state index contributed by atoms with van der Waals surface area (Å²) in [5.74, 6) is 0.822. The Labute approximate surface area is 126 Å². The molecule has 0 atom stereocenters. The first kappa shape index (κ1) is 14.0. The molecule has 0 aliphatic carbocycles. The van der Waals surface area contributed by atoms with Gasteiger partial charge in [-0.25, -0.2) is 9.97 Å². The number of nitrogens with one attached hydrogen (secondary N) is 1. The molecule has 0 saturated carbocycles. The number of fused-ring (bicyclic) bond motifs is 1. The molecule has 0 amide bonds. The highest BCUT2D eigenvalue weighted by Gasteiger charge is 2.09. The summed E-state index contributed by atoms with van der Waals surface area (Å²) in [5.41, 5.74) is 0.912. The summed E-state index contributed by atoms with van der Waals surface area (Å²) in [6.07, 6.45) is 6.34. The van der Waals surface area contributed by atoms with E-state index < -0.39 is 0 Å². The van der Waals surface area contributed by atoms with Crippen LogP contribution in [0, 0.1) is 0 Å². The van der Waals surface area contributed by atoms with Crippen LogP contribution < -0.4 is 5.32 Å². The largest absolute Gasteiger partial charge is 0.383 e. The first-order valence-corrected chi connectivity index (χ1v) is 7.63. The van der Waals surface area contributed by atoms with Crippen LogP contribution >= 0.6 is 11.3 Å². The van der Waals surface area contributed by atoms with E-state index in [1.54, 1.807) is 31.0 Å². The minimum Gasteiger partial charge on any atom is -0.383 e. The van der Waals surface area contributed by atoms with Crippen LogP contribution in [0.15, 0.2) is 24.8 Å². The van der Waals surface area contributed by atoms with Crippen LogP contribution in [-0.4, -0.2) is 33.5 Å². The van der Waals surface area contributed by atoms with Gasteiger partial charge in [0, 0.05) is 18.2 Å². The average molecular weight is 303 g/mol. The summed E-state index contributed by atoms with van der Waals surface area (Å²) in [4.78, 5) is 11.0. The normalized spacial score (nSPS) is 11.1. The minimum atomic E-state index is 0.642. The lowest BCUT2D eigenvalue weighted by molar-refractivity contribution is 0.183. The molecule has 0 unspecified atom stereocenters. The molecule has 0 aliphatic rings. The minimum absolute atomic E-state index is 0.642. The Kier molecular flexibility index (Phi) is 4.12. The Hall–Kier alpha value is -1.99. The van der Waals surface area contributed by atoms with Crippen LogP contribution in [0.3, 0.4) is 0 Å². The molecule has 21 heavy (non-hydrogen) atoms. The van der Waals surface area contributed by atoms with Crippen molar-refractivity contribution in [3.63, 3.8) is 0 Å². The van der Waals surface area contributed by atoms with E-state index in [1.807, 2.05) is 10.9 Å². The molecule has 110 valence electrons. The molecule has 0 radical (unpaired) electrons. The molecule has 3 rings (SSSR count). The second-order valence-corrected chi connectivity index (χ2v) is 5.73. The standard InChI is InChI=1S/C14H17N5OS/c1-3-11-6-12-13(15-9-16-14(12)21-11)18-10-7-17-19(8-10)4-5-20-2/h6-9H,3-5H2,1-2H3,(H,15,16,18). The van der Waals surface area contributed by atoms with Crippen LogP contribution in [0.2, 0.25) is 0 Å². The second-order valence-electron chi connectivity index (χ2n) is 4.62. The Morgan fingerprint density at radius 1 is 1.38 bits per heavy atom. The van der Waals surface area contributed by atoms with Gasteiger partial charge in [-0.1, -0.05) is 6.92 Å². The van der Waals surface area contributed by atoms with E-state index in [9.17, 15) is 0 Å². The van der Waals surface area contributed by atoms with E-state index in [2.05, 4.69) is 33.4 Å². The maximum Gasteiger partial charge on any atom is 0.142 e. The van der Waals surface area contributed by atoms with Gasteiger partial charge in [-0.3, -0.25) is 4.68 Å². The van der Waals surface area contributed by atoms with E-state index in [4.69, 9.17) is 4.74 Å². The number of aromatic nitrogens is 4. The molecule has 0 fully saturated rings. The van der Waals surface area contributed by atoms with E-state index in [1.165, 1.54) is 4.88 Å². The number of hydrogen-bond donors (Lipinski definition) is 1. The van der Waals surface area contributed by atoms with Crippen molar-refractivity contribution in [3.05, 3.63) is 29.7 Å². The Bertz CT molecular complexity index is 736. The molecule has 3 aromatic heterocycles. The van der Waals surface area contributed by atoms with Crippen molar-refractivity contribution < 1.29 is 4.74 Å². The van der Waals surface area contributed by atoms with Crippen molar-refractivity contribution in [2.45, 2.75) is 19.9 Å². The molecule has 1 N–H and O–H groups in total. The lowest BCUT2D eigenvalue weighted by Crippen LogP contribution is -2.03. The van der Waals surface area contributed by atoms with Gasteiger partial charge in [-0.2, -0.15) is 5.10 Å². The number of thiophene rings is 1. The zero-order valence-electron chi connectivity index (χ0n) is 12.0. The van der Waals surface area contributed by atoms with E-state index in [0.717, 1.165) is 34.7 Å². The summed E-state index contributed by atoms with van der Waals surface area (Å²) >= 11 is 1.71. The summed E-state index contributed by atoms with van der Waals surface area (Å²) in [5, 5.41) is 8.66. The first-order chi connectivity index (χ1) is 10.3. The molecule has 0 aliphatic heterocycles. The van der Waals surface area contributed by atoms with Crippen molar-refractivity contribution in [3.8, 4) is 0 Å². The average Bonchev–Trinajstić information content (AvgIpc) is 3.12. The lowest BCUT2D eigenvalue weighted by atomic mass is 10.3. The van der Waals surface area contributed by atoms with Crippen molar-refractivity contribution in [1.29, 1.82) is 0 Å². The molecule has 7 heteroatoms. The van der Waals surface area contributed by atoms with Crippen molar-refractivity contribution in [1.82, 2.24) is 19.7 Å². The fourth-order valence-electron chi connectivity index (χ4n) is 2.05. The summed E-state index contributed by atoms with van der Waals surface area (Å²) in [6, 6.07) is 2.15. The molecule has 3 heterocycles. The Morgan fingerprint density at radius 3 is 3.10 bits per heavy atom. The van der Waals surface area contributed by atoms with Gasteiger partial charge < -0.3 is 10.1 Å². The summed E-state index contributed by atoms with van der Waals surface area (Å²) in [6.45, 7) is 3.52. The quantitative estimate of drug-likeness (QED) is 0.758. The molecular weight excluding hydrogens is 286 g/mol. The number of hydrogen-bond acceptors (Lipinski definition) is 6. The van der Waals surface area contributed by atoms with Crippen LogP contribution in [0.5, 0.6) is 0 Å². The SMILES string of the molecule is CCc1cc2c(Nc3cnn(CCOC)c3)ncnc2s1. The molecule has 0 aromatic carbocycles. The van der Waals surface area contributed by atoms with Gasteiger partial charge in [0.2, 0.25) is 0 Å². The van der Waals surface area contributed by atoms with Crippen LogP contribution in [0.1, 0.15) is 11.8 Å². The number of aryl methyl sites for hydroxylation is 1. The molecule has 3 aromatic rings. The molecular formula is C14H17N5OS. The zero-order chi connectivity index (χ0) is 14.7. The third kappa shape index (κ3) is 3.03. The van der Waals surface area contributed by atoms with Gasteiger partial charge in [0.15, 0.2) is 0 Å². The zero-order valence-corrected chi connectivity index (χ0v) is 12.9. The van der Waals surface area contributed by atoms with E-state index in [0.29, 0.717) is 6.61 Å². The van der Waals surface area contributed by atoms with Gasteiger partial charge in [0.1, 0.15) is 17.0 Å². The van der Waals surface area contributed by atoms with E-state index >= 15 is 0 Å². The second kappa shape index (κ2) is 6.19. The van der Waals surface area contributed by atoms with Crippen molar-refractivity contribution in [2.75, 3.05) is 19.0 Å². The van der Waals surface area contributed by atoms with Crippen LogP contribution in [0.25, 0.3) is 10.2 Å². The monoisotopic (exact) mass is 303 g/mol. The number of ether oxygens (including phenoxy) is 1. The molecule has 0 saturated heterocycles. The lowest BCUT2D eigenvalue weighted by Gasteiger charge is -2.03. The Balaban J connectivity index is 1.84. The Morgan fingerprint density at radius 2 is 2.29 bits per heavy atom. The van der Waals surface area contributed by atoms with E-state index in [-0.39, 0.29) is 0 Å². The maximum absolute atomic E-state index is 5.05. The first-order valence-electron chi connectivity index (χ1n) is 6.82. The van der Waals surface area contributed by atoms with Crippen LogP contribution in [0.4, 0.5) is 11.5 Å². The highest BCUT2D eigenvalue weighted by atomic mass is 32.1. The number of nitrogens with zero attached hydrogens (tertiary/aromatic N) is 4. The van der Waals surface area contributed by atoms with Gasteiger partial charge in [0.05, 0.1) is 30.4 Å². The maximum atomic E-state index is 5.05. The van der Waals surface area contributed by atoms with Gasteiger partial charge in [-0.15, -0.1) is 11.3 Å². The molecule has 0 spiro atoms. The third-order valence-corrected chi connectivity index (χ3v) is 4.34. The number of methoxy groups -OCH3 is 1.